The predicted octanol–water partition coefficient (Wildman–Crippen LogP) is 4.33. The first-order chi connectivity index (χ1) is 11.0. The number of rotatable bonds is 4. The number of nitrogens with zero attached hydrogens (tertiary/aromatic N) is 1. The van der Waals surface area contributed by atoms with Gasteiger partial charge in [-0.15, -0.1) is 0 Å². The Balaban J connectivity index is 2.13. The van der Waals surface area contributed by atoms with Crippen LogP contribution >= 0.6 is 11.6 Å². The van der Waals surface area contributed by atoms with Crippen molar-refractivity contribution in [2.75, 3.05) is 7.11 Å². The Morgan fingerprint density at radius 2 is 2.19 bits per heavy atom. The summed E-state index contributed by atoms with van der Waals surface area (Å²) in [5.74, 6) is 0.570. The third-order valence-corrected chi connectivity index (χ3v) is 3.28. The zero-order valence-corrected chi connectivity index (χ0v) is 12.2. The van der Waals surface area contributed by atoms with Crippen LogP contribution in [-0.2, 0) is 6.37 Å². The molecule has 0 unspecified atom stereocenters. The number of aromatic amines is 1. The van der Waals surface area contributed by atoms with Gasteiger partial charge in [-0.05, 0) is 35.9 Å². The van der Waals surface area contributed by atoms with E-state index in [-0.39, 0.29) is 0 Å². The number of halogens is 1. The number of nitrogens with one attached hydrogen (secondary N) is 1. The molecule has 0 amide bonds. The van der Waals surface area contributed by atoms with Gasteiger partial charge in [-0.25, -0.2) is 4.98 Å². The maximum absolute atomic E-state index is 8.37. The highest BCUT2D eigenvalue weighted by Crippen LogP contribution is 2.30. The van der Waals surface area contributed by atoms with E-state index in [9.17, 15) is 0 Å². The van der Waals surface area contributed by atoms with Gasteiger partial charge in [0.15, 0.2) is 0 Å². The fourth-order valence-corrected chi connectivity index (χ4v) is 2.26. The molecule has 0 radical (unpaired) electrons. The number of aromatic nitrogens is 2. The van der Waals surface area contributed by atoms with Crippen molar-refractivity contribution in [2.24, 2.45) is 0 Å². The molecule has 3 rings (SSSR count). The van der Waals surface area contributed by atoms with E-state index in [0.29, 0.717) is 27.7 Å². The minimum absolute atomic E-state index is 0.313. The van der Waals surface area contributed by atoms with Crippen LogP contribution in [0.25, 0.3) is 11.3 Å². The summed E-state index contributed by atoms with van der Waals surface area (Å²) < 4.78 is 22.1. The molecular weight excluding hydrogens is 283 g/mol. The van der Waals surface area contributed by atoms with Crippen LogP contribution in [0.15, 0.2) is 54.9 Å². The minimum atomic E-state index is -1.71. The van der Waals surface area contributed by atoms with E-state index in [1.807, 2.05) is 12.1 Å². The van der Waals surface area contributed by atoms with Gasteiger partial charge in [0.1, 0.15) is 11.4 Å². The third kappa shape index (κ3) is 3.09. The lowest BCUT2D eigenvalue weighted by atomic mass is 10.1. The lowest BCUT2D eigenvalue weighted by Crippen LogP contribution is -1.97. The number of methoxy groups -OCH3 is 1. The first-order valence-corrected chi connectivity index (χ1v) is 6.85. The molecule has 0 saturated heterocycles. The second-order valence-corrected chi connectivity index (χ2v) is 4.92. The summed E-state index contributed by atoms with van der Waals surface area (Å²) in [5.41, 5.74) is 2.17. The summed E-state index contributed by atoms with van der Waals surface area (Å²) >= 11 is 6.05. The molecule has 0 atom stereocenters. The number of ether oxygens (including phenoxy) is 1. The van der Waals surface area contributed by atoms with Crippen LogP contribution in [-0.4, -0.2) is 17.1 Å². The molecular formula is C17H15ClN2O. The Bertz CT molecular complexity index is 819. The maximum atomic E-state index is 8.37. The van der Waals surface area contributed by atoms with Gasteiger partial charge in [0.25, 0.3) is 0 Å². The van der Waals surface area contributed by atoms with E-state index in [4.69, 9.17) is 19.1 Å². The number of benzene rings is 1. The number of hydrogen-bond acceptors (Lipinski definition) is 2. The molecule has 0 aliphatic heterocycles. The predicted molar refractivity (Wildman–Crippen MR) is 84.8 cm³/mol. The molecule has 3 nitrogen and oxygen atoms in total. The van der Waals surface area contributed by atoms with Crippen LogP contribution in [0.2, 0.25) is 5.02 Å². The molecule has 2 aromatic heterocycles. The molecule has 1 aromatic carbocycles. The monoisotopic (exact) mass is 299 g/mol. The number of hydrogen-bond donors (Lipinski definition) is 1. The summed E-state index contributed by atoms with van der Waals surface area (Å²) in [6.07, 6.45) is 1.61. The van der Waals surface area contributed by atoms with E-state index in [1.54, 1.807) is 49.8 Å². The fourth-order valence-electron chi connectivity index (χ4n) is 2.07. The maximum Gasteiger partial charge on any atom is 0.145 e. The van der Waals surface area contributed by atoms with Gasteiger partial charge in [0.2, 0.25) is 0 Å². The summed E-state index contributed by atoms with van der Waals surface area (Å²) in [4.78, 5) is 7.38. The first kappa shape index (κ1) is 11.4. The van der Waals surface area contributed by atoms with Crippen molar-refractivity contribution in [3.8, 4) is 17.0 Å². The average Bonchev–Trinajstić information content (AvgIpc) is 3.09. The number of H-pyrrole nitrogens is 1. The fraction of sp³-hybridized carbons (Fsp3) is 0.118. The van der Waals surface area contributed by atoms with Gasteiger partial charge in [-0.3, -0.25) is 0 Å². The SMILES string of the molecule is [2H]C([2H])(c1cc[nH]c1)c1ccc(O[11CH3])c(-c2cccc(Cl)c2)n1. The van der Waals surface area contributed by atoms with Crippen LogP contribution in [0.3, 0.4) is 0 Å². The topological polar surface area (TPSA) is 37.9 Å². The Morgan fingerprint density at radius 3 is 2.90 bits per heavy atom. The molecule has 21 heavy (non-hydrogen) atoms. The van der Waals surface area contributed by atoms with Gasteiger partial charge in [-0.2, -0.15) is 0 Å². The minimum Gasteiger partial charge on any atom is -0.494 e. The molecule has 3 aromatic rings. The van der Waals surface area contributed by atoms with Gasteiger partial charge in [-0.1, -0.05) is 23.7 Å². The van der Waals surface area contributed by atoms with E-state index in [2.05, 4.69) is 9.97 Å². The quantitative estimate of drug-likeness (QED) is 0.778. The lowest BCUT2D eigenvalue weighted by molar-refractivity contribution is 0.414. The third-order valence-electron chi connectivity index (χ3n) is 3.05. The van der Waals surface area contributed by atoms with Crippen LogP contribution in [0.1, 0.15) is 14.0 Å². The van der Waals surface area contributed by atoms with E-state index in [1.165, 1.54) is 0 Å². The molecule has 0 saturated carbocycles. The van der Waals surface area contributed by atoms with Crippen molar-refractivity contribution in [3.05, 3.63) is 71.1 Å². The molecule has 2 heterocycles. The molecule has 0 aliphatic rings. The molecule has 0 fully saturated rings. The van der Waals surface area contributed by atoms with Crippen LogP contribution in [0, 0.1) is 0 Å². The Labute approximate surface area is 131 Å². The summed E-state index contributed by atoms with van der Waals surface area (Å²) in [6.45, 7) is 0. The van der Waals surface area contributed by atoms with Crippen LogP contribution in [0.4, 0.5) is 0 Å². The van der Waals surface area contributed by atoms with Crippen molar-refractivity contribution >= 4 is 11.6 Å². The van der Waals surface area contributed by atoms with Crippen molar-refractivity contribution in [1.29, 1.82) is 0 Å². The van der Waals surface area contributed by atoms with Crippen molar-refractivity contribution in [3.63, 3.8) is 0 Å². The zero-order chi connectivity index (χ0) is 16.4. The van der Waals surface area contributed by atoms with Gasteiger partial charge < -0.3 is 9.72 Å². The first-order valence-electron chi connectivity index (χ1n) is 7.47. The van der Waals surface area contributed by atoms with E-state index < -0.39 is 6.37 Å². The highest BCUT2D eigenvalue weighted by Gasteiger charge is 2.10. The van der Waals surface area contributed by atoms with Crippen LogP contribution in [0.5, 0.6) is 5.75 Å². The van der Waals surface area contributed by atoms with E-state index >= 15 is 0 Å². The van der Waals surface area contributed by atoms with Gasteiger partial charge in [0, 0.05) is 37.8 Å². The smallest absolute Gasteiger partial charge is 0.145 e. The van der Waals surface area contributed by atoms with Crippen molar-refractivity contribution in [1.82, 2.24) is 9.97 Å². The van der Waals surface area contributed by atoms with Gasteiger partial charge in [0.05, 0.1) is 7.11 Å². The number of pyridine rings is 1. The lowest BCUT2D eigenvalue weighted by Gasteiger charge is -2.10. The summed E-state index contributed by atoms with van der Waals surface area (Å²) in [5, 5.41) is 0.588. The largest absolute Gasteiger partial charge is 0.494 e. The van der Waals surface area contributed by atoms with Crippen molar-refractivity contribution in [2.45, 2.75) is 6.37 Å². The Hall–Kier alpha value is -2.26. The Morgan fingerprint density at radius 1 is 1.29 bits per heavy atom. The highest BCUT2D eigenvalue weighted by atomic mass is 35.5. The molecule has 0 spiro atoms. The average molecular weight is 300 g/mol. The normalized spacial score (nSPS) is 12.7. The van der Waals surface area contributed by atoms with Gasteiger partial charge >= 0.3 is 0 Å². The van der Waals surface area contributed by atoms with Crippen LogP contribution < -0.4 is 4.74 Å². The second-order valence-electron chi connectivity index (χ2n) is 4.48. The molecule has 0 aliphatic carbocycles. The second kappa shape index (κ2) is 6.02. The standard InChI is InChI=1S/C17H15ClN2O/c1-21-16-6-5-15(9-12-7-8-19-11-12)20-17(16)13-3-2-4-14(18)10-13/h2-8,10-11,19H,9H2,1H3/i1-1,9D2. The van der Waals surface area contributed by atoms with Crippen molar-refractivity contribution < 1.29 is 7.48 Å². The zero-order valence-electron chi connectivity index (χ0n) is 13.4. The Kier molecular flexibility index (Phi) is 3.27. The molecule has 0 bridgehead atoms. The summed E-state index contributed by atoms with van der Waals surface area (Å²) in [7, 11) is 1.56. The highest BCUT2D eigenvalue weighted by molar-refractivity contribution is 6.30. The molecule has 106 valence electrons. The summed E-state index contributed by atoms with van der Waals surface area (Å²) in [6, 6.07) is 12.3. The molecule has 4 heteroatoms. The van der Waals surface area contributed by atoms with E-state index in [0.717, 1.165) is 5.56 Å². The molecule has 1 N–H and O–H groups in total.